The molecule has 4 fully saturated rings. The number of nitrogens with zero attached hydrogens (tertiary/aromatic N) is 8. The highest BCUT2D eigenvalue weighted by atomic mass is 32.1. The fraction of sp³-hybridized carbons (Fsp3) is 0.510. The number of thiophene rings is 1. The van der Waals surface area contributed by atoms with Crippen molar-refractivity contribution in [1.82, 2.24) is 34.5 Å². The molecule has 14 nitrogen and oxygen atoms in total. The minimum Gasteiger partial charge on any atom is -0.463 e. The number of fused-ring (bicyclic) bond motifs is 6. The van der Waals surface area contributed by atoms with Gasteiger partial charge in [0, 0.05) is 60.7 Å². The SMILES string of the molecule is Cc1cc2c(cnn2C2CCCCO2)c(-c2nccc3c2sc2nc(OCC4(C)CCCN(C(=O)OCc5ccccc5)C4)nc(N4CC5CCC(C4)N5C(=O)OC(C)(C)C)c23)c1C(F)(F)F. The van der Waals surface area contributed by atoms with Crippen molar-refractivity contribution >= 4 is 60.5 Å². The van der Waals surface area contributed by atoms with E-state index in [0.717, 1.165) is 44.1 Å². The van der Waals surface area contributed by atoms with Crippen LogP contribution < -0.4 is 9.64 Å². The molecule has 0 N–H and O–H groups in total. The fourth-order valence-electron chi connectivity index (χ4n) is 10.4. The number of carbonyl (C=O) groups excluding carboxylic acids is 2. The van der Waals surface area contributed by atoms with E-state index in [-0.39, 0.29) is 60.3 Å². The second kappa shape index (κ2) is 17.4. The molecule has 4 aromatic heterocycles. The number of aromatic nitrogens is 5. The number of pyridine rings is 1. The molecule has 2 aromatic carbocycles. The van der Waals surface area contributed by atoms with Crippen LogP contribution in [0.4, 0.5) is 28.6 Å². The lowest BCUT2D eigenvalue weighted by Crippen LogP contribution is -2.57. The molecular weight excluding hydrogens is 886 g/mol. The standard InChI is InChI=1S/C49H55F3N8O6S/c1-29-22-35-34(23-54-60(35)36-14-9-10-21-63-36)37(39(29)49(50,51)52)40-41-33(17-19-53-40)38-42(58-24-31-15-16-32(25-58)59(31)46(62)66-47(2,3)4)55-44(56-43(38)67-41)65-28-48(5)18-11-20-57(27-48)45(61)64-26-30-12-7-6-8-13-30/h6-8,12-13,17,19,22-23,31-32,36H,9-11,14-16,18,20-21,24-28H2,1-5H3. The molecule has 0 saturated carbocycles. The predicted molar refractivity (Wildman–Crippen MR) is 248 cm³/mol. The number of amides is 2. The first-order valence-electron chi connectivity index (χ1n) is 23.2. The Morgan fingerprint density at radius 3 is 2.46 bits per heavy atom. The van der Waals surface area contributed by atoms with E-state index in [1.54, 1.807) is 21.8 Å². The Balaban J connectivity index is 1.04. The van der Waals surface area contributed by atoms with Crippen molar-refractivity contribution in [3.8, 4) is 17.3 Å². The lowest BCUT2D eigenvalue weighted by atomic mass is 9.83. The number of halogens is 3. The second-order valence-corrected chi connectivity index (χ2v) is 20.8. The van der Waals surface area contributed by atoms with Gasteiger partial charge in [-0.25, -0.2) is 14.3 Å². The van der Waals surface area contributed by atoms with Crippen LogP contribution in [0.25, 0.3) is 42.5 Å². The minimum atomic E-state index is -4.71. The molecule has 0 spiro atoms. The number of benzene rings is 2. The number of aryl methyl sites for hydroxylation is 1. The quantitative estimate of drug-likeness (QED) is 0.144. The lowest BCUT2D eigenvalue weighted by molar-refractivity contribution is -0.137. The summed E-state index contributed by atoms with van der Waals surface area (Å²) in [6.45, 7) is 11.9. The van der Waals surface area contributed by atoms with Crippen LogP contribution in [-0.4, -0.2) is 104 Å². The predicted octanol–water partition coefficient (Wildman–Crippen LogP) is 10.7. The van der Waals surface area contributed by atoms with E-state index in [4.69, 9.17) is 33.9 Å². The summed E-state index contributed by atoms with van der Waals surface area (Å²) in [5.41, 5.74) is -0.273. The van der Waals surface area contributed by atoms with E-state index in [2.05, 4.69) is 16.9 Å². The average Bonchev–Trinajstić information content (AvgIpc) is 3.97. The Morgan fingerprint density at radius 2 is 1.75 bits per heavy atom. The molecule has 8 heterocycles. The van der Waals surface area contributed by atoms with Crippen LogP contribution in [0.5, 0.6) is 6.01 Å². The zero-order valence-corrected chi connectivity index (χ0v) is 39.2. The minimum absolute atomic E-state index is 0.0474. The summed E-state index contributed by atoms with van der Waals surface area (Å²) in [5, 5.41) is 6.28. The average molecular weight is 941 g/mol. The lowest BCUT2D eigenvalue weighted by Gasteiger charge is -2.42. The van der Waals surface area contributed by atoms with E-state index >= 15 is 13.2 Å². The van der Waals surface area contributed by atoms with Gasteiger partial charge in [0.2, 0.25) is 0 Å². The van der Waals surface area contributed by atoms with Crippen molar-refractivity contribution in [2.45, 2.75) is 116 Å². The molecule has 67 heavy (non-hydrogen) atoms. The van der Waals surface area contributed by atoms with Crippen LogP contribution in [0.3, 0.4) is 0 Å². The Morgan fingerprint density at radius 1 is 0.970 bits per heavy atom. The molecule has 2 bridgehead atoms. The van der Waals surface area contributed by atoms with Crippen LogP contribution in [0.1, 0.15) is 95.6 Å². The zero-order valence-electron chi connectivity index (χ0n) is 38.4. The maximum Gasteiger partial charge on any atom is 0.417 e. The number of piperazine rings is 1. The largest absolute Gasteiger partial charge is 0.463 e. The molecule has 354 valence electrons. The molecule has 2 amide bonds. The number of carbonyl (C=O) groups is 2. The van der Waals surface area contributed by atoms with Crippen molar-refractivity contribution in [2.24, 2.45) is 5.41 Å². The second-order valence-electron chi connectivity index (χ2n) is 19.8. The Labute approximate surface area is 390 Å². The number of piperidine rings is 1. The molecule has 4 aliphatic heterocycles. The number of rotatable bonds is 8. The van der Waals surface area contributed by atoms with Crippen molar-refractivity contribution in [3.05, 3.63) is 71.5 Å². The highest BCUT2D eigenvalue weighted by Crippen LogP contribution is 2.49. The number of hydrogen-bond acceptors (Lipinski definition) is 12. The Bertz CT molecular complexity index is 2830. The van der Waals surface area contributed by atoms with Gasteiger partial charge in [-0.05, 0) is 95.9 Å². The van der Waals surface area contributed by atoms with Gasteiger partial charge < -0.3 is 28.7 Å². The summed E-state index contributed by atoms with van der Waals surface area (Å²) in [7, 11) is 0. The van der Waals surface area contributed by atoms with Gasteiger partial charge in [-0.15, -0.1) is 11.3 Å². The Kier molecular flexibility index (Phi) is 11.7. The highest BCUT2D eigenvalue weighted by Gasteiger charge is 2.46. The summed E-state index contributed by atoms with van der Waals surface area (Å²) in [5.74, 6) is 0.566. The maximum atomic E-state index is 15.4. The normalized spacial score (nSPS) is 22.5. The number of anilines is 1. The number of likely N-dealkylation sites (tertiary alicyclic amines) is 1. The number of ether oxygens (including phenoxy) is 4. The molecule has 0 aliphatic carbocycles. The van der Waals surface area contributed by atoms with E-state index in [9.17, 15) is 9.59 Å². The van der Waals surface area contributed by atoms with Gasteiger partial charge >= 0.3 is 24.4 Å². The van der Waals surface area contributed by atoms with Crippen molar-refractivity contribution in [3.63, 3.8) is 0 Å². The fourth-order valence-corrected chi connectivity index (χ4v) is 11.6. The molecule has 6 aromatic rings. The smallest absolute Gasteiger partial charge is 0.417 e. The third kappa shape index (κ3) is 8.82. The van der Waals surface area contributed by atoms with E-state index in [1.165, 1.54) is 24.5 Å². The van der Waals surface area contributed by atoms with Gasteiger partial charge in [0.05, 0.1) is 51.7 Å². The summed E-state index contributed by atoms with van der Waals surface area (Å²) in [4.78, 5) is 47.9. The topological polar surface area (TPSA) is 137 Å². The van der Waals surface area contributed by atoms with Crippen LogP contribution in [0.2, 0.25) is 0 Å². The molecule has 0 radical (unpaired) electrons. The summed E-state index contributed by atoms with van der Waals surface area (Å²) in [6.07, 6.45) is 2.85. The van der Waals surface area contributed by atoms with Gasteiger partial charge in [-0.1, -0.05) is 37.3 Å². The van der Waals surface area contributed by atoms with E-state index in [0.29, 0.717) is 76.2 Å². The first-order chi connectivity index (χ1) is 32.0. The van der Waals surface area contributed by atoms with Crippen molar-refractivity contribution in [2.75, 3.05) is 44.3 Å². The van der Waals surface area contributed by atoms with Gasteiger partial charge in [0.1, 0.15) is 22.9 Å². The van der Waals surface area contributed by atoms with Crippen LogP contribution in [0.15, 0.2) is 54.9 Å². The van der Waals surface area contributed by atoms with Crippen molar-refractivity contribution in [1.29, 1.82) is 0 Å². The van der Waals surface area contributed by atoms with Crippen molar-refractivity contribution < 1.29 is 41.7 Å². The van der Waals surface area contributed by atoms with Crippen LogP contribution >= 0.6 is 11.3 Å². The van der Waals surface area contributed by atoms with Gasteiger partial charge in [0.15, 0.2) is 6.23 Å². The molecule has 10 rings (SSSR count). The maximum absolute atomic E-state index is 15.4. The number of alkyl halides is 3. The van der Waals surface area contributed by atoms with Crippen LogP contribution in [0, 0.1) is 12.3 Å². The molecule has 4 aliphatic rings. The summed E-state index contributed by atoms with van der Waals surface area (Å²) >= 11 is 1.25. The third-order valence-electron chi connectivity index (χ3n) is 13.4. The van der Waals surface area contributed by atoms with E-state index in [1.807, 2.05) is 62.1 Å². The first-order valence-corrected chi connectivity index (χ1v) is 24.0. The van der Waals surface area contributed by atoms with E-state index < -0.39 is 29.0 Å². The molecular formula is C49H55F3N8O6S. The summed E-state index contributed by atoms with van der Waals surface area (Å²) < 4.78 is 72.4. The molecule has 18 heteroatoms. The molecule has 4 saturated heterocycles. The molecule has 4 unspecified atom stereocenters. The van der Waals surface area contributed by atoms with Gasteiger partial charge in [-0.3, -0.25) is 9.88 Å². The Hall–Kier alpha value is -5.75. The van der Waals surface area contributed by atoms with Gasteiger partial charge in [0.25, 0.3) is 0 Å². The zero-order chi connectivity index (χ0) is 46.8. The molecule has 4 atom stereocenters. The van der Waals surface area contributed by atoms with Gasteiger partial charge in [-0.2, -0.15) is 28.2 Å². The number of hydrogen-bond donors (Lipinski definition) is 0. The van der Waals surface area contributed by atoms with Crippen LogP contribution in [-0.2, 0) is 27.0 Å². The monoisotopic (exact) mass is 940 g/mol. The third-order valence-corrected chi connectivity index (χ3v) is 14.5. The first kappa shape index (κ1) is 45.1. The highest BCUT2D eigenvalue weighted by molar-refractivity contribution is 7.26. The summed E-state index contributed by atoms with van der Waals surface area (Å²) in [6, 6.07) is 12.7.